The fourth-order valence-corrected chi connectivity index (χ4v) is 2.66. The molecule has 1 aromatic carbocycles. The first kappa shape index (κ1) is 19.7. The van der Waals surface area contributed by atoms with Gasteiger partial charge < -0.3 is 14.9 Å². The van der Waals surface area contributed by atoms with Crippen LogP contribution in [0.15, 0.2) is 35.1 Å². The minimum atomic E-state index is -1.06. The van der Waals surface area contributed by atoms with Gasteiger partial charge in [0.15, 0.2) is 0 Å². The molecule has 0 aliphatic carbocycles. The van der Waals surface area contributed by atoms with Crippen LogP contribution in [0.3, 0.4) is 0 Å². The first-order valence-corrected chi connectivity index (χ1v) is 8.68. The van der Waals surface area contributed by atoms with Crippen molar-refractivity contribution in [2.45, 2.75) is 52.5 Å². The van der Waals surface area contributed by atoms with Crippen LogP contribution in [-0.4, -0.2) is 28.2 Å². The van der Waals surface area contributed by atoms with Gasteiger partial charge >= 0.3 is 5.97 Å². The van der Waals surface area contributed by atoms with Crippen LogP contribution in [0, 0.1) is 5.92 Å². The lowest BCUT2D eigenvalue weighted by Gasteiger charge is -2.19. The van der Waals surface area contributed by atoms with Crippen molar-refractivity contribution < 1.29 is 19.2 Å². The van der Waals surface area contributed by atoms with Crippen LogP contribution in [0.2, 0.25) is 0 Å². The number of carboxylic acids is 1. The molecule has 0 aliphatic heterocycles. The number of nitrogens with zero attached hydrogens (tertiary/aromatic N) is 1. The second-order valence-electron chi connectivity index (χ2n) is 7.90. The molecule has 0 radical (unpaired) electrons. The lowest BCUT2D eigenvalue weighted by atomic mass is 9.86. The third kappa shape index (κ3) is 4.71. The molecule has 1 heterocycles. The fraction of sp³-hybridized carbons (Fsp3) is 0.450. The van der Waals surface area contributed by atoms with Crippen molar-refractivity contribution in [2.24, 2.45) is 5.92 Å². The van der Waals surface area contributed by atoms with Gasteiger partial charge in [0.25, 0.3) is 5.91 Å². The molecular formula is C20H26N2O4. The number of benzene rings is 1. The SMILES string of the molecule is CC(C)C[C@H](NC(=O)c1conc1-c1ccc(C(C)(C)C)cc1)C(=O)O. The Morgan fingerprint density at radius 3 is 2.31 bits per heavy atom. The van der Waals surface area contributed by atoms with Gasteiger partial charge in [0.2, 0.25) is 0 Å². The smallest absolute Gasteiger partial charge is 0.326 e. The minimum Gasteiger partial charge on any atom is -0.480 e. The van der Waals surface area contributed by atoms with E-state index in [1.807, 2.05) is 38.1 Å². The van der Waals surface area contributed by atoms with E-state index in [0.29, 0.717) is 12.1 Å². The molecule has 0 bridgehead atoms. The maximum atomic E-state index is 12.5. The Morgan fingerprint density at radius 1 is 1.19 bits per heavy atom. The number of carbonyl (C=O) groups is 2. The summed E-state index contributed by atoms with van der Waals surface area (Å²) in [6.07, 6.45) is 1.60. The van der Waals surface area contributed by atoms with E-state index in [2.05, 4.69) is 31.2 Å². The molecule has 0 spiro atoms. The maximum Gasteiger partial charge on any atom is 0.326 e. The predicted octanol–water partition coefficient (Wildman–Crippen LogP) is 3.87. The monoisotopic (exact) mass is 358 g/mol. The summed E-state index contributed by atoms with van der Waals surface area (Å²) < 4.78 is 4.98. The average molecular weight is 358 g/mol. The van der Waals surface area contributed by atoms with Crippen molar-refractivity contribution in [3.8, 4) is 11.3 Å². The molecule has 2 N–H and O–H groups in total. The Bertz CT molecular complexity index is 770. The highest BCUT2D eigenvalue weighted by molar-refractivity contribution is 6.01. The average Bonchev–Trinajstić information content (AvgIpc) is 3.02. The van der Waals surface area contributed by atoms with Gasteiger partial charge in [-0.25, -0.2) is 4.79 Å². The number of amides is 1. The molecule has 0 saturated heterocycles. The Morgan fingerprint density at radius 2 is 1.81 bits per heavy atom. The molecule has 2 rings (SSSR count). The predicted molar refractivity (Wildman–Crippen MR) is 99.0 cm³/mol. The second kappa shape index (κ2) is 7.72. The lowest BCUT2D eigenvalue weighted by molar-refractivity contribution is -0.139. The third-order valence-electron chi connectivity index (χ3n) is 4.15. The number of rotatable bonds is 6. The Kier molecular flexibility index (Phi) is 5.85. The van der Waals surface area contributed by atoms with Crippen LogP contribution in [0.25, 0.3) is 11.3 Å². The minimum absolute atomic E-state index is 0.0219. The van der Waals surface area contributed by atoms with Gasteiger partial charge in [-0.2, -0.15) is 0 Å². The van der Waals surface area contributed by atoms with Crippen LogP contribution in [0.5, 0.6) is 0 Å². The van der Waals surface area contributed by atoms with E-state index in [4.69, 9.17) is 4.52 Å². The van der Waals surface area contributed by atoms with Crippen LogP contribution >= 0.6 is 0 Å². The summed E-state index contributed by atoms with van der Waals surface area (Å²) in [5, 5.41) is 15.8. The number of nitrogens with one attached hydrogen (secondary N) is 1. The molecular weight excluding hydrogens is 332 g/mol. The highest BCUT2D eigenvalue weighted by atomic mass is 16.5. The highest BCUT2D eigenvalue weighted by Gasteiger charge is 2.25. The molecule has 140 valence electrons. The number of aromatic nitrogens is 1. The van der Waals surface area contributed by atoms with E-state index >= 15 is 0 Å². The van der Waals surface area contributed by atoms with Gasteiger partial charge in [-0.05, 0) is 23.3 Å². The topological polar surface area (TPSA) is 92.4 Å². The molecule has 26 heavy (non-hydrogen) atoms. The Balaban J connectivity index is 2.24. The number of hydrogen-bond acceptors (Lipinski definition) is 4. The summed E-state index contributed by atoms with van der Waals surface area (Å²) in [5.74, 6) is -1.42. The second-order valence-corrected chi connectivity index (χ2v) is 7.90. The summed E-state index contributed by atoms with van der Waals surface area (Å²) in [6, 6.07) is 6.80. The van der Waals surface area contributed by atoms with Crippen molar-refractivity contribution in [1.82, 2.24) is 10.5 Å². The van der Waals surface area contributed by atoms with Gasteiger partial charge in [-0.1, -0.05) is 64.0 Å². The zero-order chi connectivity index (χ0) is 19.5. The molecule has 6 nitrogen and oxygen atoms in total. The Hall–Kier alpha value is -2.63. The van der Waals surface area contributed by atoms with E-state index in [0.717, 1.165) is 5.56 Å². The molecule has 0 unspecified atom stereocenters. The summed E-state index contributed by atoms with van der Waals surface area (Å²) in [5.41, 5.74) is 2.56. The first-order chi connectivity index (χ1) is 12.1. The van der Waals surface area contributed by atoms with Gasteiger partial charge in [0.1, 0.15) is 23.6 Å². The molecule has 2 aromatic rings. The Labute approximate surface area is 153 Å². The molecule has 0 fully saturated rings. The first-order valence-electron chi connectivity index (χ1n) is 8.68. The van der Waals surface area contributed by atoms with E-state index < -0.39 is 17.9 Å². The molecule has 1 aromatic heterocycles. The van der Waals surface area contributed by atoms with Crippen molar-refractivity contribution in [3.63, 3.8) is 0 Å². The summed E-state index contributed by atoms with van der Waals surface area (Å²) >= 11 is 0. The largest absolute Gasteiger partial charge is 0.480 e. The van der Waals surface area contributed by atoms with Gasteiger partial charge in [0, 0.05) is 5.56 Å². The van der Waals surface area contributed by atoms with Crippen LogP contribution < -0.4 is 5.32 Å². The quantitative estimate of drug-likeness (QED) is 0.818. The zero-order valence-corrected chi connectivity index (χ0v) is 15.9. The molecule has 1 amide bonds. The van der Waals surface area contributed by atoms with Crippen LogP contribution in [-0.2, 0) is 10.2 Å². The number of carbonyl (C=O) groups excluding carboxylic acids is 1. The van der Waals surface area contributed by atoms with E-state index in [1.54, 1.807) is 0 Å². The molecule has 6 heteroatoms. The van der Waals surface area contributed by atoms with Gasteiger partial charge in [-0.3, -0.25) is 4.79 Å². The van der Waals surface area contributed by atoms with E-state index in [1.165, 1.54) is 11.8 Å². The van der Waals surface area contributed by atoms with Crippen LogP contribution in [0.4, 0.5) is 0 Å². The van der Waals surface area contributed by atoms with Crippen molar-refractivity contribution in [3.05, 3.63) is 41.7 Å². The highest BCUT2D eigenvalue weighted by Crippen LogP contribution is 2.27. The van der Waals surface area contributed by atoms with Crippen molar-refractivity contribution in [2.75, 3.05) is 0 Å². The number of carboxylic acid groups (broad SMARTS) is 1. The summed E-state index contributed by atoms with van der Waals surface area (Å²) in [6.45, 7) is 10.2. The molecule has 1 atom stereocenters. The summed E-state index contributed by atoms with van der Waals surface area (Å²) in [4.78, 5) is 23.9. The third-order valence-corrected chi connectivity index (χ3v) is 4.15. The van der Waals surface area contributed by atoms with Gasteiger partial charge in [-0.15, -0.1) is 0 Å². The standard InChI is InChI=1S/C20H26N2O4/c1-12(2)10-16(19(24)25)21-18(23)15-11-26-22-17(15)13-6-8-14(9-7-13)20(3,4)5/h6-9,11-12,16H,10H2,1-5H3,(H,21,23)(H,24,25)/t16-/m0/s1. The van der Waals surface area contributed by atoms with Crippen LogP contribution in [0.1, 0.15) is 57.0 Å². The van der Waals surface area contributed by atoms with Crippen molar-refractivity contribution in [1.29, 1.82) is 0 Å². The van der Waals surface area contributed by atoms with Crippen molar-refractivity contribution >= 4 is 11.9 Å². The van der Waals surface area contributed by atoms with E-state index in [-0.39, 0.29) is 16.9 Å². The lowest BCUT2D eigenvalue weighted by Crippen LogP contribution is -2.41. The number of aliphatic carboxylic acids is 1. The van der Waals surface area contributed by atoms with Gasteiger partial charge in [0.05, 0.1) is 0 Å². The summed E-state index contributed by atoms with van der Waals surface area (Å²) in [7, 11) is 0. The maximum absolute atomic E-state index is 12.5. The fourth-order valence-electron chi connectivity index (χ4n) is 2.66. The van der Waals surface area contributed by atoms with E-state index in [9.17, 15) is 14.7 Å². The molecule has 0 saturated carbocycles. The molecule has 0 aliphatic rings. The normalized spacial score (nSPS) is 12.8. The number of hydrogen-bond donors (Lipinski definition) is 2. The zero-order valence-electron chi connectivity index (χ0n) is 15.9.